The Bertz CT molecular complexity index is 741. The molecule has 0 aliphatic rings. The van der Waals surface area contributed by atoms with Crippen LogP contribution in [0.15, 0.2) is 36.5 Å². The summed E-state index contributed by atoms with van der Waals surface area (Å²) in [6.45, 7) is 4.09. The van der Waals surface area contributed by atoms with Crippen molar-refractivity contribution in [2.24, 2.45) is 0 Å². The van der Waals surface area contributed by atoms with E-state index in [1.807, 2.05) is 0 Å². The second-order valence-corrected chi connectivity index (χ2v) is 13.0. The van der Waals surface area contributed by atoms with Gasteiger partial charge in [-0.15, -0.1) is 0 Å². The van der Waals surface area contributed by atoms with Gasteiger partial charge in [-0.2, -0.15) is 0 Å². The van der Waals surface area contributed by atoms with Gasteiger partial charge in [0.25, 0.3) is 0 Å². The minimum absolute atomic E-state index is 0.0728. The zero-order valence-corrected chi connectivity index (χ0v) is 30.3. The van der Waals surface area contributed by atoms with Crippen LogP contribution in [-0.4, -0.2) is 36.4 Å². The van der Waals surface area contributed by atoms with Gasteiger partial charge < -0.3 is 14.6 Å². The molecule has 1 atom stereocenters. The van der Waals surface area contributed by atoms with E-state index in [4.69, 9.17) is 9.47 Å². The van der Waals surface area contributed by atoms with Crippen molar-refractivity contribution in [1.29, 1.82) is 0 Å². The molecule has 0 aromatic rings. The number of esters is 2. The SMILES string of the molecule is CCCCC/C=C/C/C=C/CCCCCCCC(=O)O[C@@H](CO)COC(=O)CCCCCCCCC/C=C/CCCCCCCC. The Morgan fingerprint density at radius 1 is 0.500 bits per heavy atom. The van der Waals surface area contributed by atoms with Crippen LogP contribution in [0.3, 0.4) is 0 Å². The van der Waals surface area contributed by atoms with Crippen molar-refractivity contribution < 1.29 is 24.2 Å². The summed E-state index contributed by atoms with van der Waals surface area (Å²) in [5.74, 6) is -0.610. The molecule has 0 saturated carbocycles. The van der Waals surface area contributed by atoms with Crippen LogP contribution < -0.4 is 0 Å². The monoisotopic (exact) mass is 647 g/mol. The van der Waals surface area contributed by atoms with Crippen LogP contribution in [0.2, 0.25) is 0 Å². The molecule has 46 heavy (non-hydrogen) atoms. The van der Waals surface area contributed by atoms with Gasteiger partial charge in [0.15, 0.2) is 6.10 Å². The largest absolute Gasteiger partial charge is 0.462 e. The van der Waals surface area contributed by atoms with Crippen molar-refractivity contribution >= 4 is 11.9 Å². The number of unbranched alkanes of at least 4 members (excludes halogenated alkanes) is 21. The molecule has 0 aliphatic carbocycles. The average molecular weight is 647 g/mol. The van der Waals surface area contributed by atoms with Crippen molar-refractivity contribution in [3.63, 3.8) is 0 Å². The maximum Gasteiger partial charge on any atom is 0.306 e. The Kier molecular flexibility index (Phi) is 36.0. The maximum absolute atomic E-state index is 12.1. The molecular formula is C41H74O5. The predicted molar refractivity (Wildman–Crippen MR) is 196 cm³/mol. The third kappa shape index (κ3) is 35.0. The standard InChI is InChI=1S/C41H74O5/c1-3-5-7-9-11-13-15-17-19-20-22-23-25-27-29-31-33-35-40(43)45-38-39(37-42)46-41(44)36-34-32-30-28-26-24-21-18-16-14-12-10-8-6-4-2/h12,14,17-19,21,39,42H,3-11,13,15-16,20,22-38H2,1-2H3/b14-12+,19-17+,21-18+/t39-/m0/s1. The molecule has 0 heterocycles. The summed E-state index contributed by atoms with van der Waals surface area (Å²) in [7, 11) is 0. The number of ether oxygens (including phenoxy) is 2. The van der Waals surface area contributed by atoms with Crippen molar-refractivity contribution in [3.05, 3.63) is 36.5 Å². The number of hydrogen-bond acceptors (Lipinski definition) is 5. The van der Waals surface area contributed by atoms with E-state index in [9.17, 15) is 14.7 Å². The highest BCUT2D eigenvalue weighted by molar-refractivity contribution is 5.70. The van der Waals surface area contributed by atoms with E-state index in [0.29, 0.717) is 12.8 Å². The molecule has 0 aromatic heterocycles. The summed E-state index contributed by atoms with van der Waals surface area (Å²) in [6.07, 6.45) is 44.8. The van der Waals surface area contributed by atoms with Gasteiger partial charge in [0.05, 0.1) is 6.61 Å². The van der Waals surface area contributed by atoms with Crippen molar-refractivity contribution in [2.45, 2.75) is 200 Å². The summed E-state index contributed by atoms with van der Waals surface area (Å²) in [6, 6.07) is 0. The van der Waals surface area contributed by atoms with Crippen LogP contribution in [-0.2, 0) is 19.1 Å². The number of carbonyl (C=O) groups is 2. The van der Waals surface area contributed by atoms with Gasteiger partial charge in [-0.3, -0.25) is 9.59 Å². The fraction of sp³-hybridized carbons (Fsp3) is 0.805. The van der Waals surface area contributed by atoms with Crippen LogP contribution in [0.1, 0.15) is 194 Å². The van der Waals surface area contributed by atoms with Crippen LogP contribution in [0.25, 0.3) is 0 Å². The van der Waals surface area contributed by atoms with E-state index < -0.39 is 6.10 Å². The van der Waals surface area contributed by atoms with Crippen LogP contribution in [0.4, 0.5) is 0 Å². The van der Waals surface area contributed by atoms with E-state index in [1.54, 1.807) is 0 Å². The molecule has 5 heteroatoms. The van der Waals surface area contributed by atoms with E-state index in [1.165, 1.54) is 116 Å². The topological polar surface area (TPSA) is 72.8 Å². The lowest BCUT2D eigenvalue weighted by molar-refractivity contribution is -0.161. The first kappa shape index (κ1) is 44.1. The summed E-state index contributed by atoms with van der Waals surface area (Å²) in [5.41, 5.74) is 0. The molecule has 1 N–H and O–H groups in total. The molecular weight excluding hydrogens is 572 g/mol. The number of hydrogen-bond donors (Lipinski definition) is 1. The first-order chi connectivity index (χ1) is 22.6. The lowest BCUT2D eigenvalue weighted by Crippen LogP contribution is -2.28. The molecule has 0 bridgehead atoms. The fourth-order valence-corrected chi connectivity index (χ4v) is 5.40. The normalized spacial score (nSPS) is 12.5. The Morgan fingerprint density at radius 3 is 1.35 bits per heavy atom. The van der Waals surface area contributed by atoms with Crippen molar-refractivity contribution in [1.82, 2.24) is 0 Å². The molecule has 0 unspecified atom stereocenters. The van der Waals surface area contributed by atoms with Gasteiger partial charge in [0, 0.05) is 12.8 Å². The van der Waals surface area contributed by atoms with Gasteiger partial charge in [-0.1, -0.05) is 147 Å². The third-order valence-corrected chi connectivity index (χ3v) is 8.41. The van der Waals surface area contributed by atoms with Crippen LogP contribution in [0, 0.1) is 0 Å². The highest BCUT2D eigenvalue weighted by Crippen LogP contribution is 2.13. The summed E-state index contributed by atoms with van der Waals surface area (Å²) in [5, 5.41) is 9.54. The Hall–Kier alpha value is -1.88. The van der Waals surface area contributed by atoms with Crippen LogP contribution in [0.5, 0.6) is 0 Å². The van der Waals surface area contributed by atoms with E-state index in [-0.39, 0.29) is 25.2 Å². The highest BCUT2D eigenvalue weighted by Gasteiger charge is 2.16. The lowest BCUT2D eigenvalue weighted by Gasteiger charge is -2.15. The smallest absolute Gasteiger partial charge is 0.306 e. The van der Waals surface area contributed by atoms with Gasteiger partial charge in [-0.05, 0) is 70.6 Å². The molecule has 0 aromatic carbocycles. The fourth-order valence-electron chi connectivity index (χ4n) is 5.40. The highest BCUT2D eigenvalue weighted by atomic mass is 16.6. The van der Waals surface area contributed by atoms with Crippen LogP contribution >= 0.6 is 0 Å². The number of aliphatic hydroxyl groups is 1. The maximum atomic E-state index is 12.1. The number of allylic oxidation sites excluding steroid dienone is 6. The summed E-state index contributed by atoms with van der Waals surface area (Å²) in [4.78, 5) is 24.2. The molecule has 0 saturated heterocycles. The zero-order chi connectivity index (χ0) is 33.6. The molecule has 0 radical (unpaired) electrons. The van der Waals surface area contributed by atoms with Gasteiger partial charge in [0.2, 0.25) is 0 Å². The zero-order valence-electron chi connectivity index (χ0n) is 30.3. The number of rotatable bonds is 35. The quantitative estimate of drug-likeness (QED) is 0.0421. The molecule has 0 aliphatic heterocycles. The molecule has 268 valence electrons. The Labute approximate surface area is 285 Å². The Morgan fingerprint density at radius 2 is 0.870 bits per heavy atom. The minimum atomic E-state index is -0.778. The minimum Gasteiger partial charge on any atom is -0.462 e. The van der Waals surface area contributed by atoms with Gasteiger partial charge >= 0.3 is 11.9 Å². The van der Waals surface area contributed by atoms with Crippen molar-refractivity contribution in [3.8, 4) is 0 Å². The third-order valence-electron chi connectivity index (χ3n) is 8.41. The van der Waals surface area contributed by atoms with E-state index >= 15 is 0 Å². The second kappa shape index (κ2) is 37.6. The summed E-state index contributed by atoms with van der Waals surface area (Å²) >= 11 is 0. The van der Waals surface area contributed by atoms with E-state index in [0.717, 1.165) is 51.4 Å². The Balaban J connectivity index is 3.58. The number of aliphatic hydroxyl groups excluding tert-OH is 1. The summed E-state index contributed by atoms with van der Waals surface area (Å²) < 4.78 is 10.6. The molecule has 0 amide bonds. The lowest BCUT2D eigenvalue weighted by atomic mass is 10.1. The van der Waals surface area contributed by atoms with Gasteiger partial charge in [0.1, 0.15) is 6.61 Å². The van der Waals surface area contributed by atoms with Gasteiger partial charge in [-0.25, -0.2) is 0 Å². The first-order valence-corrected chi connectivity index (χ1v) is 19.5. The average Bonchev–Trinajstić information content (AvgIpc) is 3.06. The molecule has 5 nitrogen and oxygen atoms in total. The molecule has 0 fully saturated rings. The van der Waals surface area contributed by atoms with Crippen molar-refractivity contribution in [2.75, 3.05) is 13.2 Å². The first-order valence-electron chi connectivity index (χ1n) is 19.5. The number of carbonyl (C=O) groups excluding carboxylic acids is 2. The van der Waals surface area contributed by atoms with E-state index in [2.05, 4.69) is 50.3 Å². The molecule has 0 spiro atoms. The second-order valence-electron chi connectivity index (χ2n) is 13.0. The predicted octanol–water partition coefficient (Wildman–Crippen LogP) is 12.1. The molecule has 0 rings (SSSR count).